The lowest BCUT2D eigenvalue weighted by molar-refractivity contribution is 0.0921. The van der Waals surface area contributed by atoms with Gasteiger partial charge in [0.15, 0.2) is 0 Å². The Labute approximate surface area is 134 Å². The predicted molar refractivity (Wildman–Crippen MR) is 85.0 cm³/mol. The zero-order valence-corrected chi connectivity index (χ0v) is 13.5. The summed E-state index contributed by atoms with van der Waals surface area (Å²) in [6, 6.07) is 5.07. The summed E-state index contributed by atoms with van der Waals surface area (Å²) >= 11 is 18.1. The van der Waals surface area contributed by atoms with Gasteiger partial charge in [0.1, 0.15) is 0 Å². The monoisotopic (exact) mass is 333 g/mol. The molecule has 1 aromatic carbocycles. The van der Waals surface area contributed by atoms with Crippen molar-refractivity contribution in [2.75, 3.05) is 12.4 Å². The minimum Gasteiger partial charge on any atom is -0.351 e. The van der Waals surface area contributed by atoms with E-state index in [1.54, 1.807) is 18.2 Å². The molecule has 0 aliphatic heterocycles. The largest absolute Gasteiger partial charge is 0.351 e. The summed E-state index contributed by atoms with van der Waals surface area (Å²) in [5, 5.41) is 3.66. The molecule has 0 radical (unpaired) electrons. The van der Waals surface area contributed by atoms with Crippen molar-refractivity contribution in [2.24, 2.45) is 5.41 Å². The van der Waals surface area contributed by atoms with Crippen LogP contribution in [-0.2, 0) is 0 Å². The fraction of sp³-hybridized carbons (Fsp3) is 0.533. The van der Waals surface area contributed by atoms with Crippen molar-refractivity contribution in [3.63, 3.8) is 0 Å². The summed E-state index contributed by atoms with van der Waals surface area (Å²) in [7, 11) is 0. The fourth-order valence-electron chi connectivity index (χ4n) is 2.70. The minimum atomic E-state index is -0.187. The van der Waals surface area contributed by atoms with Crippen LogP contribution in [0, 0.1) is 5.41 Å². The molecule has 0 atom stereocenters. The normalized spacial score (nSPS) is 17.8. The maximum atomic E-state index is 12.2. The number of hydrogen-bond donors (Lipinski definition) is 1. The summed E-state index contributed by atoms with van der Waals surface area (Å²) in [4.78, 5) is 12.2. The first kappa shape index (κ1) is 15.9. The number of alkyl halides is 1. The molecule has 2 rings (SSSR count). The third-order valence-corrected chi connectivity index (χ3v) is 5.40. The van der Waals surface area contributed by atoms with Gasteiger partial charge in [-0.25, -0.2) is 0 Å². The van der Waals surface area contributed by atoms with E-state index in [-0.39, 0.29) is 11.3 Å². The highest BCUT2D eigenvalue weighted by Gasteiger charge is 2.31. The van der Waals surface area contributed by atoms with Gasteiger partial charge < -0.3 is 5.32 Å². The summed E-state index contributed by atoms with van der Waals surface area (Å²) < 4.78 is 0. The van der Waals surface area contributed by atoms with Crippen LogP contribution in [0.1, 0.15) is 42.5 Å². The van der Waals surface area contributed by atoms with Crippen LogP contribution >= 0.6 is 34.8 Å². The van der Waals surface area contributed by atoms with Gasteiger partial charge in [0.05, 0.1) is 15.6 Å². The second-order valence-corrected chi connectivity index (χ2v) is 6.53. The molecule has 1 amide bonds. The van der Waals surface area contributed by atoms with Crippen LogP contribution in [0.25, 0.3) is 0 Å². The molecule has 5 heteroatoms. The van der Waals surface area contributed by atoms with Crippen LogP contribution in [-0.4, -0.2) is 18.3 Å². The molecule has 0 spiro atoms. The lowest BCUT2D eigenvalue weighted by Crippen LogP contribution is -2.40. The molecule has 1 aliphatic rings. The zero-order chi connectivity index (χ0) is 14.6. The molecule has 1 fully saturated rings. The predicted octanol–water partition coefficient (Wildman–Crippen LogP) is 4.91. The SMILES string of the molecule is O=C(NCC1(CCl)CCCCC1)c1cccc(Cl)c1Cl. The third kappa shape index (κ3) is 3.60. The molecule has 2 nitrogen and oxygen atoms in total. The number of carbonyl (C=O) groups excluding carboxylic acids is 1. The summed E-state index contributed by atoms with van der Waals surface area (Å²) in [6.07, 6.45) is 5.76. The molecule has 0 heterocycles. The summed E-state index contributed by atoms with van der Waals surface area (Å²) in [5.74, 6) is 0.392. The molecule has 1 aliphatic carbocycles. The van der Waals surface area contributed by atoms with Crippen molar-refractivity contribution in [1.82, 2.24) is 5.32 Å². The van der Waals surface area contributed by atoms with E-state index in [0.717, 1.165) is 12.8 Å². The number of carbonyl (C=O) groups is 1. The highest BCUT2D eigenvalue weighted by Crippen LogP contribution is 2.37. The van der Waals surface area contributed by atoms with Gasteiger partial charge in [-0.1, -0.05) is 48.5 Å². The van der Waals surface area contributed by atoms with E-state index < -0.39 is 0 Å². The van der Waals surface area contributed by atoms with Crippen molar-refractivity contribution in [1.29, 1.82) is 0 Å². The van der Waals surface area contributed by atoms with Crippen molar-refractivity contribution in [3.05, 3.63) is 33.8 Å². The van der Waals surface area contributed by atoms with E-state index in [9.17, 15) is 4.79 Å². The van der Waals surface area contributed by atoms with Crippen LogP contribution < -0.4 is 5.32 Å². The maximum Gasteiger partial charge on any atom is 0.252 e. The molecule has 110 valence electrons. The topological polar surface area (TPSA) is 29.1 Å². The first-order valence-electron chi connectivity index (χ1n) is 6.86. The van der Waals surface area contributed by atoms with Gasteiger partial charge in [-0.2, -0.15) is 0 Å². The third-order valence-electron chi connectivity index (χ3n) is 4.02. The second kappa shape index (κ2) is 7.02. The van der Waals surface area contributed by atoms with E-state index in [1.165, 1.54) is 19.3 Å². The number of amides is 1. The number of benzene rings is 1. The van der Waals surface area contributed by atoms with Crippen LogP contribution in [0.3, 0.4) is 0 Å². The Kier molecular flexibility index (Phi) is 5.59. The van der Waals surface area contributed by atoms with E-state index in [1.807, 2.05) is 0 Å². The second-order valence-electron chi connectivity index (χ2n) is 5.48. The van der Waals surface area contributed by atoms with E-state index in [4.69, 9.17) is 34.8 Å². The molecular formula is C15H18Cl3NO. The Bertz CT molecular complexity index is 484. The highest BCUT2D eigenvalue weighted by molar-refractivity contribution is 6.43. The van der Waals surface area contributed by atoms with Gasteiger partial charge in [0, 0.05) is 17.8 Å². The van der Waals surface area contributed by atoms with Gasteiger partial charge in [-0.3, -0.25) is 4.79 Å². The van der Waals surface area contributed by atoms with Crippen molar-refractivity contribution >= 4 is 40.7 Å². The number of hydrogen-bond acceptors (Lipinski definition) is 1. The average molecular weight is 335 g/mol. The van der Waals surface area contributed by atoms with E-state index in [2.05, 4.69) is 5.32 Å². The van der Waals surface area contributed by atoms with Gasteiger partial charge in [-0.05, 0) is 25.0 Å². The molecule has 0 unspecified atom stereocenters. The summed E-state index contributed by atoms with van der Waals surface area (Å²) in [5.41, 5.74) is 0.445. The Morgan fingerprint density at radius 2 is 1.90 bits per heavy atom. The Balaban J connectivity index is 2.02. The van der Waals surface area contributed by atoms with Crippen LogP contribution in [0.5, 0.6) is 0 Å². The first-order chi connectivity index (χ1) is 9.58. The van der Waals surface area contributed by atoms with Crippen LogP contribution in [0.4, 0.5) is 0 Å². The lowest BCUT2D eigenvalue weighted by Gasteiger charge is -2.35. The van der Waals surface area contributed by atoms with Crippen molar-refractivity contribution in [2.45, 2.75) is 32.1 Å². The molecule has 0 saturated heterocycles. The van der Waals surface area contributed by atoms with Crippen molar-refractivity contribution in [3.8, 4) is 0 Å². The highest BCUT2D eigenvalue weighted by atomic mass is 35.5. The number of halogens is 3. The Morgan fingerprint density at radius 3 is 2.55 bits per heavy atom. The van der Waals surface area contributed by atoms with Gasteiger partial charge in [0.2, 0.25) is 0 Å². The smallest absolute Gasteiger partial charge is 0.252 e. The molecule has 1 aromatic rings. The maximum absolute atomic E-state index is 12.2. The van der Waals surface area contributed by atoms with Crippen LogP contribution in [0.2, 0.25) is 10.0 Å². The first-order valence-corrected chi connectivity index (χ1v) is 8.15. The van der Waals surface area contributed by atoms with E-state index >= 15 is 0 Å². The molecule has 20 heavy (non-hydrogen) atoms. The van der Waals surface area contributed by atoms with Crippen molar-refractivity contribution < 1.29 is 4.79 Å². The number of rotatable bonds is 4. The molecule has 1 saturated carbocycles. The quantitative estimate of drug-likeness (QED) is 0.779. The lowest BCUT2D eigenvalue weighted by atomic mass is 9.75. The Hall–Kier alpha value is -0.440. The van der Waals surface area contributed by atoms with E-state index in [0.29, 0.717) is 28.0 Å². The zero-order valence-electron chi connectivity index (χ0n) is 11.2. The van der Waals surface area contributed by atoms with Gasteiger partial charge in [0.25, 0.3) is 5.91 Å². The standard InChI is InChI=1S/C15H18Cl3NO/c16-9-15(7-2-1-3-8-15)10-19-14(20)11-5-4-6-12(17)13(11)18/h4-6H,1-3,7-10H2,(H,19,20). The van der Waals surface area contributed by atoms with Gasteiger partial charge >= 0.3 is 0 Å². The fourth-order valence-corrected chi connectivity index (χ4v) is 3.45. The average Bonchev–Trinajstić information content (AvgIpc) is 2.48. The Morgan fingerprint density at radius 1 is 1.20 bits per heavy atom. The molecule has 1 N–H and O–H groups in total. The van der Waals surface area contributed by atoms with Crippen LogP contribution in [0.15, 0.2) is 18.2 Å². The molecular weight excluding hydrogens is 317 g/mol. The summed E-state index contributed by atoms with van der Waals surface area (Å²) in [6.45, 7) is 0.595. The minimum absolute atomic E-state index is 0.0283. The van der Waals surface area contributed by atoms with Gasteiger partial charge in [-0.15, -0.1) is 11.6 Å². The number of nitrogens with one attached hydrogen (secondary N) is 1. The molecule has 0 aromatic heterocycles. The molecule has 0 bridgehead atoms.